The average molecular weight is 236 g/mol. The van der Waals surface area contributed by atoms with Crippen LogP contribution in [0.3, 0.4) is 0 Å². The highest BCUT2D eigenvalue weighted by Crippen LogP contribution is 2.26. The number of nitrogens with zero attached hydrogens (tertiary/aromatic N) is 2. The predicted molar refractivity (Wildman–Crippen MR) is 70.3 cm³/mol. The van der Waals surface area contributed by atoms with Gasteiger partial charge >= 0.3 is 0 Å². The first-order chi connectivity index (χ1) is 8.22. The van der Waals surface area contributed by atoms with Gasteiger partial charge < -0.3 is 15.8 Å². The van der Waals surface area contributed by atoms with Crippen molar-refractivity contribution in [3.63, 3.8) is 0 Å². The normalized spacial score (nSPS) is 10.0. The second kappa shape index (κ2) is 6.73. The summed E-state index contributed by atoms with van der Waals surface area (Å²) in [6.45, 7) is 8.77. The third kappa shape index (κ3) is 3.62. The van der Waals surface area contributed by atoms with Crippen LogP contribution in [0, 0.1) is 0 Å². The third-order valence-corrected chi connectivity index (χ3v) is 2.13. The number of aryl methyl sites for hydroxylation is 1. The van der Waals surface area contributed by atoms with Gasteiger partial charge in [-0.1, -0.05) is 13.0 Å². The van der Waals surface area contributed by atoms with Crippen LogP contribution in [0.2, 0.25) is 0 Å². The van der Waals surface area contributed by atoms with Crippen molar-refractivity contribution in [3.05, 3.63) is 18.5 Å². The molecule has 0 radical (unpaired) electrons. The van der Waals surface area contributed by atoms with Crippen LogP contribution >= 0.6 is 0 Å². The quantitative estimate of drug-likeness (QED) is 0.708. The van der Waals surface area contributed by atoms with E-state index in [9.17, 15) is 0 Å². The molecule has 0 aromatic carbocycles. The lowest BCUT2D eigenvalue weighted by Crippen LogP contribution is -2.10. The molecule has 1 heterocycles. The summed E-state index contributed by atoms with van der Waals surface area (Å²) in [5.41, 5.74) is 6.38. The molecule has 0 atom stereocenters. The number of aromatic nitrogens is 2. The molecule has 17 heavy (non-hydrogen) atoms. The van der Waals surface area contributed by atoms with E-state index in [-0.39, 0.29) is 0 Å². The minimum absolute atomic E-state index is 0.452. The molecule has 3 N–H and O–H groups in total. The highest BCUT2D eigenvalue weighted by Gasteiger charge is 2.11. The predicted octanol–water partition coefficient (Wildman–Crippen LogP) is 2.01. The van der Waals surface area contributed by atoms with Crippen LogP contribution in [0.5, 0.6) is 5.88 Å². The number of nitrogen functional groups attached to an aromatic ring is 1. The monoisotopic (exact) mass is 236 g/mol. The van der Waals surface area contributed by atoms with Gasteiger partial charge in [-0.25, -0.2) is 4.98 Å². The molecule has 0 aliphatic rings. The molecule has 5 heteroatoms. The van der Waals surface area contributed by atoms with E-state index in [2.05, 4.69) is 28.8 Å². The highest BCUT2D eigenvalue weighted by atomic mass is 16.5. The molecule has 1 aromatic rings. The maximum absolute atomic E-state index is 5.93. The molecule has 0 aliphatic carbocycles. The van der Waals surface area contributed by atoms with Gasteiger partial charge in [0, 0.05) is 13.0 Å². The molecule has 0 saturated carbocycles. The van der Waals surface area contributed by atoms with Gasteiger partial charge in [-0.15, -0.1) is 6.58 Å². The smallest absolute Gasteiger partial charge is 0.242 e. The second-order valence-corrected chi connectivity index (χ2v) is 3.56. The Hall–Kier alpha value is -1.78. The summed E-state index contributed by atoms with van der Waals surface area (Å²) < 4.78 is 5.40. The van der Waals surface area contributed by atoms with Crippen molar-refractivity contribution >= 4 is 11.5 Å². The van der Waals surface area contributed by atoms with Crippen LogP contribution in [0.1, 0.15) is 26.1 Å². The van der Waals surface area contributed by atoms with Crippen molar-refractivity contribution in [2.24, 2.45) is 0 Å². The van der Waals surface area contributed by atoms with Gasteiger partial charge in [0.15, 0.2) is 5.82 Å². The molecule has 94 valence electrons. The Bertz CT molecular complexity index is 379. The number of rotatable bonds is 7. The lowest BCUT2D eigenvalue weighted by atomic mass is 10.3. The van der Waals surface area contributed by atoms with Crippen molar-refractivity contribution < 1.29 is 4.74 Å². The van der Waals surface area contributed by atoms with Crippen LogP contribution in [0.4, 0.5) is 11.5 Å². The lowest BCUT2D eigenvalue weighted by molar-refractivity contribution is 0.327. The average Bonchev–Trinajstić information content (AvgIpc) is 2.32. The van der Waals surface area contributed by atoms with Gasteiger partial charge in [-0.3, -0.25) is 0 Å². The Morgan fingerprint density at radius 1 is 1.41 bits per heavy atom. The SMILES string of the molecule is C=CCNc1nc(CCC)nc(OCC)c1N. The Kier molecular flexibility index (Phi) is 5.26. The zero-order chi connectivity index (χ0) is 12.7. The van der Waals surface area contributed by atoms with Gasteiger partial charge in [0.2, 0.25) is 5.88 Å². The third-order valence-electron chi connectivity index (χ3n) is 2.13. The van der Waals surface area contributed by atoms with Gasteiger partial charge in [0.25, 0.3) is 0 Å². The minimum atomic E-state index is 0.452. The molecule has 0 spiro atoms. The fourth-order valence-electron chi connectivity index (χ4n) is 1.38. The molecule has 0 unspecified atom stereocenters. The molecular weight excluding hydrogens is 216 g/mol. The van der Waals surface area contributed by atoms with E-state index < -0.39 is 0 Å². The van der Waals surface area contributed by atoms with Gasteiger partial charge in [-0.2, -0.15) is 4.98 Å². The topological polar surface area (TPSA) is 73.1 Å². The first-order valence-corrected chi connectivity index (χ1v) is 5.86. The molecule has 0 saturated heterocycles. The summed E-state index contributed by atoms with van der Waals surface area (Å²) in [5, 5.41) is 3.09. The number of nitrogens with one attached hydrogen (secondary N) is 1. The van der Waals surface area contributed by atoms with E-state index in [0.717, 1.165) is 18.7 Å². The summed E-state index contributed by atoms with van der Waals surface area (Å²) in [7, 11) is 0. The summed E-state index contributed by atoms with van der Waals surface area (Å²) >= 11 is 0. The minimum Gasteiger partial charge on any atom is -0.476 e. The van der Waals surface area contributed by atoms with E-state index in [4.69, 9.17) is 10.5 Å². The van der Waals surface area contributed by atoms with Crippen molar-refractivity contribution in [3.8, 4) is 5.88 Å². The number of anilines is 2. The fraction of sp³-hybridized carbons (Fsp3) is 0.500. The molecule has 0 aliphatic heterocycles. The zero-order valence-electron chi connectivity index (χ0n) is 10.5. The molecule has 0 fully saturated rings. The second-order valence-electron chi connectivity index (χ2n) is 3.56. The maximum Gasteiger partial charge on any atom is 0.242 e. The van der Waals surface area contributed by atoms with Crippen molar-refractivity contribution in [2.45, 2.75) is 26.7 Å². The molecule has 0 bridgehead atoms. The zero-order valence-corrected chi connectivity index (χ0v) is 10.5. The van der Waals surface area contributed by atoms with Crippen LogP contribution in [0.25, 0.3) is 0 Å². The molecule has 1 rings (SSSR count). The van der Waals surface area contributed by atoms with Crippen LogP contribution < -0.4 is 15.8 Å². The summed E-state index contributed by atoms with van der Waals surface area (Å²) in [6, 6.07) is 0. The Morgan fingerprint density at radius 3 is 2.76 bits per heavy atom. The Labute approximate surface area is 102 Å². The fourth-order valence-corrected chi connectivity index (χ4v) is 1.38. The summed E-state index contributed by atoms with van der Waals surface area (Å²) in [4.78, 5) is 8.66. The largest absolute Gasteiger partial charge is 0.476 e. The Balaban J connectivity index is 3.02. The van der Waals surface area contributed by atoms with E-state index in [1.165, 1.54) is 0 Å². The summed E-state index contributed by atoms with van der Waals surface area (Å²) in [5.74, 6) is 1.82. The highest BCUT2D eigenvalue weighted by molar-refractivity contribution is 5.67. The molecule has 1 aromatic heterocycles. The van der Waals surface area contributed by atoms with Crippen molar-refractivity contribution in [1.82, 2.24) is 9.97 Å². The lowest BCUT2D eigenvalue weighted by Gasteiger charge is -2.12. The number of ether oxygens (including phenoxy) is 1. The standard InChI is InChI=1S/C12H20N4O/c1-4-7-9-15-11(14-8-5-2)10(13)12(16-9)17-6-3/h5H,2,4,6-8,13H2,1,3H3,(H,14,15,16). The van der Waals surface area contributed by atoms with Crippen LogP contribution in [-0.2, 0) is 6.42 Å². The van der Waals surface area contributed by atoms with Gasteiger partial charge in [-0.05, 0) is 13.3 Å². The number of nitrogens with two attached hydrogens (primary N) is 1. The molecule has 0 amide bonds. The van der Waals surface area contributed by atoms with E-state index >= 15 is 0 Å². The number of hydrogen-bond acceptors (Lipinski definition) is 5. The van der Waals surface area contributed by atoms with E-state index in [1.807, 2.05) is 6.92 Å². The van der Waals surface area contributed by atoms with Crippen molar-refractivity contribution in [1.29, 1.82) is 0 Å². The maximum atomic E-state index is 5.93. The van der Waals surface area contributed by atoms with Gasteiger partial charge in [0.1, 0.15) is 11.5 Å². The van der Waals surface area contributed by atoms with Crippen LogP contribution in [0.15, 0.2) is 12.7 Å². The van der Waals surface area contributed by atoms with E-state index in [1.54, 1.807) is 6.08 Å². The van der Waals surface area contributed by atoms with Gasteiger partial charge in [0.05, 0.1) is 6.61 Å². The Morgan fingerprint density at radius 2 is 2.18 bits per heavy atom. The molecule has 5 nitrogen and oxygen atoms in total. The molecular formula is C12H20N4O. The van der Waals surface area contributed by atoms with E-state index in [0.29, 0.717) is 30.5 Å². The first-order valence-electron chi connectivity index (χ1n) is 5.86. The summed E-state index contributed by atoms with van der Waals surface area (Å²) in [6.07, 6.45) is 3.54. The first kappa shape index (κ1) is 13.3. The number of hydrogen-bond donors (Lipinski definition) is 2. The van der Waals surface area contributed by atoms with Crippen molar-refractivity contribution in [2.75, 3.05) is 24.2 Å². The van der Waals surface area contributed by atoms with Crippen LogP contribution in [-0.4, -0.2) is 23.1 Å².